The van der Waals surface area contributed by atoms with Gasteiger partial charge in [-0.05, 0) is 36.9 Å². The second-order valence-corrected chi connectivity index (χ2v) is 7.81. The van der Waals surface area contributed by atoms with Crippen LogP contribution in [0.5, 0.6) is 0 Å². The van der Waals surface area contributed by atoms with E-state index in [4.69, 9.17) is 0 Å². The molecule has 4 aromatic rings. The number of nitrogens with zero attached hydrogens (tertiary/aromatic N) is 8. The van der Waals surface area contributed by atoms with Crippen LogP contribution in [0.15, 0.2) is 12.1 Å². The summed E-state index contributed by atoms with van der Waals surface area (Å²) in [6.07, 6.45) is 1.50. The van der Waals surface area contributed by atoms with Crippen molar-refractivity contribution in [3.63, 3.8) is 0 Å². The molecule has 0 bridgehead atoms. The first kappa shape index (κ1) is 18.5. The molecule has 0 fully saturated rings. The molecular formula is C16H20N10S2. The van der Waals surface area contributed by atoms with E-state index in [1.165, 1.54) is 23.1 Å². The molecule has 4 rings (SSSR count). The Kier molecular flexibility index (Phi) is 5.05. The van der Waals surface area contributed by atoms with E-state index in [-0.39, 0.29) is 0 Å². The zero-order chi connectivity index (χ0) is 19.7. The highest BCUT2D eigenvalue weighted by Crippen LogP contribution is 2.19. The molecule has 0 aliphatic carbocycles. The third kappa shape index (κ3) is 3.60. The second-order valence-electron chi connectivity index (χ2n) is 6.14. The molecule has 0 amide bonds. The Morgan fingerprint density at radius 1 is 0.786 bits per heavy atom. The van der Waals surface area contributed by atoms with E-state index in [1.54, 1.807) is 9.36 Å². The summed E-state index contributed by atoms with van der Waals surface area (Å²) in [6.45, 7) is 3.89. The smallest absolute Gasteiger partial charge is 0.264 e. The van der Waals surface area contributed by atoms with Crippen LogP contribution in [-0.2, 0) is 12.8 Å². The van der Waals surface area contributed by atoms with Gasteiger partial charge < -0.3 is 10.6 Å². The summed E-state index contributed by atoms with van der Waals surface area (Å²) in [5.74, 6) is 2.90. The molecule has 4 heterocycles. The van der Waals surface area contributed by atoms with Gasteiger partial charge in [0.15, 0.2) is 0 Å². The number of aryl methyl sites for hydroxylation is 4. The fraction of sp³-hybridized carbons (Fsp3) is 0.375. The molecule has 0 aliphatic heterocycles. The van der Waals surface area contributed by atoms with Gasteiger partial charge in [0.25, 0.3) is 11.9 Å². The molecule has 12 heteroatoms. The van der Waals surface area contributed by atoms with Crippen LogP contribution >= 0.6 is 23.1 Å². The van der Waals surface area contributed by atoms with Gasteiger partial charge in [0, 0.05) is 39.1 Å². The Balaban J connectivity index is 1.46. The highest BCUT2D eigenvalue weighted by Gasteiger charge is 2.14. The van der Waals surface area contributed by atoms with Gasteiger partial charge in [-0.3, -0.25) is 0 Å². The van der Waals surface area contributed by atoms with Gasteiger partial charge in [-0.15, -0.1) is 0 Å². The molecule has 0 unspecified atom stereocenters. The van der Waals surface area contributed by atoms with E-state index in [2.05, 4.69) is 39.5 Å². The van der Waals surface area contributed by atoms with Gasteiger partial charge in [0.2, 0.25) is 0 Å². The fourth-order valence-electron chi connectivity index (χ4n) is 2.74. The lowest BCUT2D eigenvalue weighted by Crippen LogP contribution is -2.04. The van der Waals surface area contributed by atoms with Crippen LogP contribution in [-0.4, -0.2) is 52.4 Å². The van der Waals surface area contributed by atoms with Gasteiger partial charge in [-0.2, -0.15) is 28.3 Å². The molecule has 10 nitrogen and oxygen atoms in total. The number of rotatable bonds is 7. The highest BCUT2D eigenvalue weighted by atomic mass is 32.1. The SMILES string of the molecule is CNc1cc(C)nn1-c1nsc(CCc2nc(-n3nc(C)cc3NC)ns2)n1. The summed E-state index contributed by atoms with van der Waals surface area (Å²) in [7, 11) is 3.71. The van der Waals surface area contributed by atoms with E-state index in [0.717, 1.165) is 45.9 Å². The van der Waals surface area contributed by atoms with Crippen molar-refractivity contribution in [2.24, 2.45) is 0 Å². The summed E-state index contributed by atoms with van der Waals surface area (Å²) in [6, 6.07) is 3.92. The molecule has 0 aromatic carbocycles. The lowest BCUT2D eigenvalue weighted by Gasteiger charge is -2.00. The van der Waals surface area contributed by atoms with Crippen molar-refractivity contribution in [1.29, 1.82) is 0 Å². The number of hydrogen-bond donors (Lipinski definition) is 2. The molecule has 0 spiro atoms. The molecule has 0 aliphatic rings. The number of anilines is 2. The molecule has 0 atom stereocenters. The second kappa shape index (κ2) is 7.64. The molecule has 4 aromatic heterocycles. The molecule has 0 saturated carbocycles. The quantitative estimate of drug-likeness (QED) is 0.472. The lowest BCUT2D eigenvalue weighted by atomic mass is 10.3. The minimum atomic E-state index is 0.584. The molecule has 0 saturated heterocycles. The van der Waals surface area contributed by atoms with Gasteiger partial charge in [-0.25, -0.2) is 9.97 Å². The van der Waals surface area contributed by atoms with Crippen LogP contribution in [0.3, 0.4) is 0 Å². The van der Waals surface area contributed by atoms with E-state index in [9.17, 15) is 0 Å². The van der Waals surface area contributed by atoms with Crippen LogP contribution in [0.2, 0.25) is 0 Å². The first-order chi connectivity index (χ1) is 13.6. The first-order valence-electron chi connectivity index (χ1n) is 8.72. The summed E-state index contributed by atoms with van der Waals surface area (Å²) >= 11 is 2.77. The third-order valence-corrected chi connectivity index (χ3v) is 5.54. The van der Waals surface area contributed by atoms with Crippen LogP contribution in [0.25, 0.3) is 11.9 Å². The monoisotopic (exact) mass is 416 g/mol. The van der Waals surface area contributed by atoms with Gasteiger partial charge in [-0.1, -0.05) is 0 Å². The average molecular weight is 417 g/mol. The summed E-state index contributed by atoms with van der Waals surface area (Å²) in [5.41, 5.74) is 1.83. The standard InChI is InChI=1S/C16H20N10S2/c1-9-7-11(17-3)25(21-9)15-19-13(27-23-15)5-6-14-20-16(24-28-14)26-12(18-4)8-10(2)22-26/h7-8,17-18H,5-6H2,1-4H3. The third-order valence-electron chi connectivity index (χ3n) is 4.02. The van der Waals surface area contributed by atoms with Crippen molar-refractivity contribution in [3.05, 3.63) is 33.5 Å². The lowest BCUT2D eigenvalue weighted by molar-refractivity contribution is 0.802. The van der Waals surface area contributed by atoms with Gasteiger partial charge >= 0.3 is 0 Å². The predicted molar refractivity (Wildman–Crippen MR) is 110 cm³/mol. The van der Waals surface area contributed by atoms with Crippen molar-refractivity contribution >= 4 is 34.7 Å². The molecule has 146 valence electrons. The van der Waals surface area contributed by atoms with Crippen molar-refractivity contribution in [2.45, 2.75) is 26.7 Å². The molecule has 2 N–H and O–H groups in total. The topological polar surface area (TPSA) is 111 Å². The largest absolute Gasteiger partial charge is 0.373 e. The van der Waals surface area contributed by atoms with E-state index >= 15 is 0 Å². The van der Waals surface area contributed by atoms with E-state index in [0.29, 0.717) is 11.9 Å². The van der Waals surface area contributed by atoms with Crippen LogP contribution in [0.1, 0.15) is 21.4 Å². The van der Waals surface area contributed by atoms with Gasteiger partial charge in [0.1, 0.15) is 21.7 Å². The van der Waals surface area contributed by atoms with Crippen molar-refractivity contribution in [3.8, 4) is 11.9 Å². The van der Waals surface area contributed by atoms with E-state index in [1.807, 2.05) is 40.1 Å². The predicted octanol–water partition coefficient (Wildman–Crippen LogP) is 2.25. The van der Waals surface area contributed by atoms with Crippen molar-refractivity contribution < 1.29 is 0 Å². The minimum absolute atomic E-state index is 0.584. The zero-order valence-corrected chi connectivity index (χ0v) is 17.6. The van der Waals surface area contributed by atoms with Crippen LogP contribution in [0, 0.1) is 13.8 Å². The summed E-state index contributed by atoms with van der Waals surface area (Å²) < 4.78 is 12.3. The molecule has 28 heavy (non-hydrogen) atoms. The average Bonchev–Trinajstić information content (AvgIpc) is 3.45. The number of nitrogens with one attached hydrogen (secondary N) is 2. The normalized spacial score (nSPS) is 11.1. The Labute approximate surface area is 170 Å². The minimum Gasteiger partial charge on any atom is -0.373 e. The Morgan fingerprint density at radius 2 is 1.21 bits per heavy atom. The van der Waals surface area contributed by atoms with Crippen molar-refractivity contribution in [1.82, 2.24) is 38.3 Å². The van der Waals surface area contributed by atoms with Crippen molar-refractivity contribution in [2.75, 3.05) is 24.7 Å². The Hall–Kier alpha value is -2.86. The zero-order valence-electron chi connectivity index (χ0n) is 16.0. The van der Waals surface area contributed by atoms with Gasteiger partial charge in [0.05, 0.1) is 11.4 Å². The maximum Gasteiger partial charge on any atom is 0.264 e. The fourth-order valence-corrected chi connectivity index (χ4v) is 3.98. The van der Waals surface area contributed by atoms with Crippen LogP contribution < -0.4 is 10.6 Å². The maximum absolute atomic E-state index is 4.61. The summed E-state index contributed by atoms with van der Waals surface area (Å²) in [4.78, 5) is 9.22. The number of aromatic nitrogens is 8. The first-order valence-corrected chi connectivity index (χ1v) is 10.3. The van der Waals surface area contributed by atoms with Crippen LogP contribution in [0.4, 0.5) is 11.6 Å². The highest BCUT2D eigenvalue weighted by molar-refractivity contribution is 7.06. The molecule has 0 radical (unpaired) electrons. The Morgan fingerprint density at radius 3 is 1.61 bits per heavy atom. The summed E-state index contributed by atoms with van der Waals surface area (Å²) in [5, 5.41) is 17.0. The Bertz CT molecular complexity index is 1000. The maximum atomic E-state index is 4.61. The number of hydrogen-bond acceptors (Lipinski definition) is 10. The molecular weight excluding hydrogens is 396 g/mol. The van der Waals surface area contributed by atoms with E-state index < -0.39 is 0 Å².